The lowest BCUT2D eigenvalue weighted by atomic mass is 10.2. The Hall–Kier alpha value is -2.68. The molecule has 2 N–H and O–H groups in total. The second-order valence-corrected chi connectivity index (χ2v) is 6.53. The number of aromatic amines is 1. The number of carbonyl (C=O) groups excluding carboxylic acids is 1. The van der Waals surface area contributed by atoms with Gasteiger partial charge in [0.1, 0.15) is 5.75 Å². The molecule has 0 saturated heterocycles. The molecule has 5 nitrogen and oxygen atoms in total. The summed E-state index contributed by atoms with van der Waals surface area (Å²) in [7, 11) is 0. The molecule has 3 aromatic rings. The Morgan fingerprint density at radius 1 is 1.26 bits per heavy atom. The maximum absolute atomic E-state index is 12.7. The predicted molar refractivity (Wildman–Crippen MR) is 98.1 cm³/mol. The number of amides is 1. The van der Waals surface area contributed by atoms with Gasteiger partial charge in [-0.05, 0) is 37.3 Å². The first kappa shape index (κ1) is 19.1. The highest BCUT2D eigenvalue weighted by atomic mass is 32.2. The van der Waals surface area contributed by atoms with Crippen molar-refractivity contribution < 1.29 is 22.7 Å². The number of anilines is 1. The van der Waals surface area contributed by atoms with Crippen LogP contribution in [0.1, 0.15) is 12.5 Å². The molecule has 142 valence electrons. The van der Waals surface area contributed by atoms with Crippen molar-refractivity contribution in [3.63, 3.8) is 0 Å². The Morgan fingerprint density at radius 2 is 2.07 bits per heavy atom. The Balaban J connectivity index is 1.61. The van der Waals surface area contributed by atoms with Crippen molar-refractivity contribution in [2.45, 2.75) is 18.3 Å². The number of nitrogens with zero attached hydrogens (tertiary/aromatic N) is 1. The number of ether oxygens (including phenoxy) is 1. The number of thioether (sulfide) groups is 1. The highest BCUT2D eigenvalue weighted by Gasteiger charge is 2.30. The number of alkyl halides is 3. The van der Waals surface area contributed by atoms with Gasteiger partial charge in [0.15, 0.2) is 5.16 Å². The lowest BCUT2D eigenvalue weighted by Gasteiger charge is -2.09. The Bertz CT molecular complexity index is 956. The summed E-state index contributed by atoms with van der Waals surface area (Å²) in [6, 6.07) is 9.95. The fraction of sp³-hybridized carbons (Fsp3) is 0.222. The van der Waals surface area contributed by atoms with Crippen LogP contribution in [0, 0.1) is 0 Å². The van der Waals surface area contributed by atoms with E-state index in [1.54, 1.807) is 0 Å². The first-order valence-electron chi connectivity index (χ1n) is 8.07. The SMILES string of the molecule is CCOc1ccc2nc(SCC(=O)Nc3cccc(C(F)(F)F)c3)[nH]c2c1. The third kappa shape index (κ3) is 4.94. The van der Waals surface area contributed by atoms with E-state index in [1.165, 1.54) is 12.1 Å². The number of aromatic nitrogens is 2. The molecule has 0 aliphatic heterocycles. The summed E-state index contributed by atoms with van der Waals surface area (Å²) in [6.45, 7) is 2.44. The number of halogens is 3. The minimum absolute atomic E-state index is 0.00832. The average Bonchev–Trinajstić information content (AvgIpc) is 3.02. The summed E-state index contributed by atoms with van der Waals surface area (Å²) < 4.78 is 43.6. The molecule has 27 heavy (non-hydrogen) atoms. The van der Waals surface area contributed by atoms with Crippen LogP contribution in [0.25, 0.3) is 11.0 Å². The van der Waals surface area contributed by atoms with Crippen LogP contribution in [0.15, 0.2) is 47.6 Å². The molecule has 2 aromatic carbocycles. The number of rotatable bonds is 6. The zero-order valence-corrected chi connectivity index (χ0v) is 15.1. The summed E-state index contributed by atoms with van der Waals surface area (Å²) >= 11 is 1.16. The van der Waals surface area contributed by atoms with Crippen LogP contribution in [0.3, 0.4) is 0 Å². The summed E-state index contributed by atoms with van der Waals surface area (Å²) in [5, 5.41) is 3.00. The van der Waals surface area contributed by atoms with Crippen LogP contribution >= 0.6 is 11.8 Å². The maximum atomic E-state index is 12.7. The molecule has 3 rings (SSSR count). The minimum Gasteiger partial charge on any atom is -0.494 e. The highest BCUT2D eigenvalue weighted by Crippen LogP contribution is 2.30. The van der Waals surface area contributed by atoms with Crippen LogP contribution in [-0.2, 0) is 11.0 Å². The van der Waals surface area contributed by atoms with Crippen molar-refractivity contribution in [1.29, 1.82) is 0 Å². The van der Waals surface area contributed by atoms with Gasteiger partial charge < -0.3 is 15.0 Å². The summed E-state index contributed by atoms with van der Waals surface area (Å²) in [5.41, 5.74) is 0.803. The second kappa shape index (κ2) is 7.91. The third-order valence-corrected chi connectivity index (χ3v) is 4.43. The van der Waals surface area contributed by atoms with E-state index < -0.39 is 17.6 Å². The molecule has 0 unspecified atom stereocenters. The van der Waals surface area contributed by atoms with Crippen molar-refractivity contribution in [1.82, 2.24) is 9.97 Å². The Morgan fingerprint density at radius 3 is 2.81 bits per heavy atom. The molecular weight excluding hydrogens is 379 g/mol. The van der Waals surface area contributed by atoms with Crippen molar-refractivity contribution in [2.24, 2.45) is 0 Å². The third-order valence-electron chi connectivity index (χ3n) is 3.56. The van der Waals surface area contributed by atoms with E-state index in [0.717, 1.165) is 34.9 Å². The number of benzene rings is 2. The van der Waals surface area contributed by atoms with Gasteiger partial charge in [0.25, 0.3) is 0 Å². The second-order valence-electron chi connectivity index (χ2n) is 5.57. The van der Waals surface area contributed by atoms with Gasteiger partial charge in [-0.1, -0.05) is 17.8 Å². The monoisotopic (exact) mass is 395 g/mol. The van der Waals surface area contributed by atoms with E-state index in [1.807, 2.05) is 25.1 Å². The summed E-state index contributed by atoms with van der Waals surface area (Å²) in [6.07, 6.45) is -4.45. The van der Waals surface area contributed by atoms with E-state index in [2.05, 4.69) is 15.3 Å². The van der Waals surface area contributed by atoms with Crippen LogP contribution in [0.2, 0.25) is 0 Å². The van der Waals surface area contributed by atoms with Gasteiger partial charge >= 0.3 is 6.18 Å². The fourth-order valence-corrected chi connectivity index (χ4v) is 3.08. The minimum atomic E-state index is -4.45. The molecule has 9 heteroatoms. The fourth-order valence-electron chi connectivity index (χ4n) is 2.39. The number of hydrogen-bond acceptors (Lipinski definition) is 4. The first-order valence-corrected chi connectivity index (χ1v) is 9.06. The molecule has 1 amide bonds. The van der Waals surface area contributed by atoms with E-state index in [-0.39, 0.29) is 11.4 Å². The molecule has 0 fully saturated rings. The van der Waals surface area contributed by atoms with Gasteiger partial charge in [-0.25, -0.2) is 4.98 Å². The number of imidazole rings is 1. The summed E-state index contributed by atoms with van der Waals surface area (Å²) in [4.78, 5) is 19.5. The molecule has 0 bridgehead atoms. The lowest BCUT2D eigenvalue weighted by molar-refractivity contribution is -0.137. The molecule has 0 saturated carbocycles. The Kier molecular flexibility index (Phi) is 5.59. The van der Waals surface area contributed by atoms with E-state index in [4.69, 9.17) is 4.74 Å². The van der Waals surface area contributed by atoms with Crippen molar-refractivity contribution in [3.05, 3.63) is 48.0 Å². The molecule has 0 aliphatic rings. The van der Waals surface area contributed by atoms with Gasteiger partial charge in [-0.3, -0.25) is 4.79 Å². The van der Waals surface area contributed by atoms with E-state index in [0.29, 0.717) is 17.5 Å². The van der Waals surface area contributed by atoms with E-state index in [9.17, 15) is 18.0 Å². The van der Waals surface area contributed by atoms with Gasteiger partial charge in [0, 0.05) is 11.8 Å². The topological polar surface area (TPSA) is 67.0 Å². The Labute approximate surface area is 157 Å². The number of hydrogen-bond donors (Lipinski definition) is 2. The largest absolute Gasteiger partial charge is 0.494 e. The molecular formula is C18H16F3N3O2S. The van der Waals surface area contributed by atoms with Gasteiger partial charge in [0.2, 0.25) is 5.91 Å². The number of carbonyl (C=O) groups is 1. The first-order chi connectivity index (χ1) is 12.8. The lowest BCUT2D eigenvalue weighted by Crippen LogP contribution is -2.15. The van der Waals surface area contributed by atoms with Gasteiger partial charge in [0.05, 0.1) is 29.0 Å². The van der Waals surface area contributed by atoms with Crippen molar-refractivity contribution in [2.75, 3.05) is 17.7 Å². The number of fused-ring (bicyclic) bond motifs is 1. The van der Waals surface area contributed by atoms with Crippen molar-refractivity contribution >= 4 is 34.4 Å². The van der Waals surface area contributed by atoms with Crippen LogP contribution in [-0.4, -0.2) is 28.2 Å². The molecule has 1 aromatic heterocycles. The maximum Gasteiger partial charge on any atom is 0.416 e. The normalized spacial score (nSPS) is 11.6. The van der Waals surface area contributed by atoms with Crippen LogP contribution in [0.5, 0.6) is 5.75 Å². The standard InChI is InChI=1S/C18H16F3N3O2S/c1-2-26-13-6-7-14-15(9-13)24-17(23-14)27-10-16(25)22-12-5-3-4-11(8-12)18(19,20)21/h3-9H,2,10H2,1H3,(H,22,25)(H,23,24). The average molecular weight is 395 g/mol. The van der Waals surface area contributed by atoms with Gasteiger partial charge in [-0.2, -0.15) is 13.2 Å². The molecule has 0 atom stereocenters. The number of nitrogens with one attached hydrogen (secondary N) is 2. The predicted octanol–water partition coefficient (Wildman–Crippen LogP) is 4.71. The zero-order valence-electron chi connectivity index (χ0n) is 14.3. The van der Waals surface area contributed by atoms with E-state index >= 15 is 0 Å². The quantitative estimate of drug-likeness (QED) is 0.593. The van der Waals surface area contributed by atoms with Crippen LogP contribution in [0.4, 0.5) is 18.9 Å². The molecule has 0 radical (unpaired) electrons. The highest BCUT2D eigenvalue weighted by molar-refractivity contribution is 7.99. The smallest absolute Gasteiger partial charge is 0.416 e. The number of H-pyrrole nitrogens is 1. The molecule has 1 heterocycles. The van der Waals surface area contributed by atoms with Crippen LogP contribution < -0.4 is 10.1 Å². The molecule has 0 aliphatic carbocycles. The summed E-state index contributed by atoms with van der Waals surface area (Å²) in [5.74, 6) is 0.302. The zero-order chi connectivity index (χ0) is 19.4. The molecule has 0 spiro atoms. The van der Waals surface area contributed by atoms with Crippen molar-refractivity contribution in [3.8, 4) is 5.75 Å². The van der Waals surface area contributed by atoms with Gasteiger partial charge in [-0.15, -0.1) is 0 Å².